The van der Waals surface area contributed by atoms with Crippen molar-refractivity contribution in [1.29, 1.82) is 0 Å². The first-order chi connectivity index (χ1) is 15.5. The SMILES string of the molecule is Cc1ccc(C2=C(N3CCc4ccccc43)C(=O)N(c3ccc(C(C)C)cc3)C2=O)cc1. The van der Waals surface area contributed by atoms with Crippen molar-refractivity contribution in [3.63, 3.8) is 0 Å². The molecule has 0 spiro atoms. The van der Waals surface area contributed by atoms with Crippen LogP contribution in [0.15, 0.2) is 78.5 Å². The minimum Gasteiger partial charge on any atom is -0.336 e. The van der Waals surface area contributed by atoms with Crippen LogP contribution in [0.2, 0.25) is 0 Å². The maximum atomic E-state index is 13.8. The number of para-hydroxylation sites is 1. The molecule has 2 aliphatic heterocycles. The van der Waals surface area contributed by atoms with E-state index in [9.17, 15) is 9.59 Å². The minimum absolute atomic E-state index is 0.264. The largest absolute Gasteiger partial charge is 0.336 e. The average molecular weight is 423 g/mol. The quantitative estimate of drug-likeness (QED) is 0.524. The van der Waals surface area contributed by atoms with Gasteiger partial charge in [-0.2, -0.15) is 0 Å². The number of rotatable bonds is 4. The molecular formula is C28H26N2O2. The summed E-state index contributed by atoms with van der Waals surface area (Å²) in [4.78, 5) is 30.9. The summed E-state index contributed by atoms with van der Waals surface area (Å²) in [5.41, 5.74) is 6.81. The van der Waals surface area contributed by atoms with Gasteiger partial charge in [0, 0.05) is 12.2 Å². The number of anilines is 2. The van der Waals surface area contributed by atoms with Crippen LogP contribution in [0.25, 0.3) is 5.57 Å². The van der Waals surface area contributed by atoms with E-state index in [1.165, 1.54) is 16.0 Å². The number of nitrogens with zero attached hydrogens (tertiary/aromatic N) is 2. The van der Waals surface area contributed by atoms with Gasteiger partial charge in [0.05, 0.1) is 11.3 Å². The molecular weight excluding hydrogens is 396 g/mol. The molecule has 160 valence electrons. The summed E-state index contributed by atoms with van der Waals surface area (Å²) in [6.07, 6.45) is 0.853. The smallest absolute Gasteiger partial charge is 0.282 e. The normalized spacial score (nSPS) is 15.9. The molecule has 0 unspecified atom stereocenters. The van der Waals surface area contributed by atoms with Gasteiger partial charge in [0.1, 0.15) is 5.70 Å². The zero-order valence-electron chi connectivity index (χ0n) is 18.6. The van der Waals surface area contributed by atoms with E-state index >= 15 is 0 Å². The van der Waals surface area contributed by atoms with Gasteiger partial charge in [0.15, 0.2) is 0 Å². The lowest BCUT2D eigenvalue weighted by atomic mass is 10.0. The lowest BCUT2D eigenvalue weighted by molar-refractivity contribution is -0.120. The highest BCUT2D eigenvalue weighted by atomic mass is 16.2. The Morgan fingerprint density at radius 3 is 2.19 bits per heavy atom. The van der Waals surface area contributed by atoms with E-state index in [-0.39, 0.29) is 11.8 Å². The molecule has 0 fully saturated rings. The minimum atomic E-state index is -0.268. The summed E-state index contributed by atoms with van der Waals surface area (Å²) in [6.45, 7) is 6.95. The highest BCUT2D eigenvalue weighted by Crippen LogP contribution is 2.40. The second-order valence-electron chi connectivity index (χ2n) is 8.81. The van der Waals surface area contributed by atoms with Crippen LogP contribution in [0.3, 0.4) is 0 Å². The van der Waals surface area contributed by atoms with Crippen LogP contribution in [-0.4, -0.2) is 18.4 Å². The topological polar surface area (TPSA) is 40.6 Å². The maximum absolute atomic E-state index is 13.8. The molecule has 0 saturated carbocycles. The first kappa shape index (κ1) is 20.3. The average Bonchev–Trinajstić information content (AvgIpc) is 3.32. The molecule has 2 amide bonds. The second kappa shape index (κ2) is 7.79. The van der Waals surface area contributed by atoms with Gasteiger partial charge in [-0.05, 0) is 54.2 Å². The lowest BCUT2D eigenvalue weighted by Gasteiger charge is -2.22. The van der Waals surface area contributed by atoms with Gasteiger partial charge in [-0.15, -0.1) is 0 Å². The van der Waals surface area contributed by atoms with Gasteiger partial charge in [0.2, 0.25) is 0 Å². The number of hydrogen-bond donors (Lipinski definition) is 0. The van der Waals surface area contributed by atoms with Crippen LogP contribution >= 0.6 is 0 Å². The molecule has 3 aromatic carbocycles. The van der Waals surface area contributed by atoms with E-state index < -0.39 is 0 Å². The van der Waals surface area contributed by atoms with Gasteiger partial charge < -0.3 is 4.90 Å². The number of hydrogen-bond acceptors (Lipinski definition) is 3. The summed E-state index contributed by atoms with van der Waals surface area (Å²) < 4.78 is 0. The van der Waals surface area contributed by atoms with E-state index in [4.69, 9.17) is 0 Å². The first-order valence-electron chi connectivity index (χ1n) is 11.1. The van der Waals surface area contributed by atoms with Gasteiger partial charge in [-0.3, -0.25) is 9.59 Å². The number of aryl methyl sites for hydroxylation is 1. The van der Waals surface area contributed by atoms with E-state index in [0.29, 0.717) is 29.4 Å². The summed E-state index contributed by atoms with van der Waals surface area (Å²) in [7, 11) is 0. The van der Waals surface area contributed by atoms with Crippen molar-refractivity contribution in [3.05, 3.63) is 101 Å². The third-order valence-electron chi connectivity index (χ3n) is 6.37. The van der Waals surface area contributed by atoms with Crippen molar-refractivity contribution in [2.45, 2.75) is 33.1 Å². The second-order valence-corrected chi connectivity index (χ2v) is 8.81. The fourth-order valence-corrected chi connectivity index (χ4v) is 4.56. The van der Waals surface area contributed by atoms with Gasteiger partial charge in [0.25, 0.3) is 11.8 Å². The molecule has 4 heteroatoms. The molecule has 0 aromatic heterocycles. The Kier molecular flexibility index (Phi) is 4.93. The van der Waals surface area contributed by atoms with Crippen LogP contribution in [0.5, 0.6) is 0 Å². The molecule has 3 aromatic rings. The Morgan fingerprint density at radius 1 is 0.812 bits per heavy atom. The Morgan fingerprint density at radius 2 is 1.50 bits per heavy atom. The molecule has 2 aliphatic rings. The van der Waals surface area contributed by atoms with E-state index in [0.717, 1.165) is 23.2 Å². The highest BCUT2D eigenvalue weighted by Gasteiger charge is 2.44. The molecule has 2 heterocycles. The zero-order valence-corrected chi connectivity index (χ0v) is 18.6. The standard InChI is InChI=1S/C28H26N2O2/c1-18(2)20-12-14-23(15-13-20)30-27(31)25(22-10-8-19(3)9-11-22)26(28(30)32)29-17-16-21-6-4-5-7-24(21)29/h4-15,18H,16-17H2,1-3H3. The molecule has 0 atom stereocenters. The van der Waals surface area contributed by atoms with Crippen molar-refractivity contribution in [2.24, 2.45) is 0 Å². The molecule has 0 bridgehead atoms. The van der Waals surface area contributed by atoms with Crippen LogP contribution in [0.1, 0.15) is 42.0 Å². The summed E-state index contributed by atoms with van der Waals surface area (Å²) in [6, 6.07) is 23.7. The molecule has 5 rings (SSSR count). The number of carbonyl (C=O) groups is 2. The number of imide groups is 1. The van der Waals surface area contributed by atoms with Crippen molar-refractivity contribution in [2.75, 3.05) is 16.3 Å². The number of benzene rings is 3. The third kappa shape index (κ3) is 3.23. The van der Waals surface area contributed by atoms with Crippen LogP contribution in [-0.2, 0) is 16.0 Å². The van der Waals surface area contributed by atoms with Crippen LogP contribution < -0.4 is 9.80 Å². The predicted molar refractivity (Wildman–Crippen MR) is 129 cm³/mol. The number of fused-ring (bicyclic) bond motifs is 1. The molecule has 32 heavy (non-hydrogen) atoms. The molecule has 4 nitrogen and oxygen atoms in total. The predicted octanol–water partition coefficient (Wildman–Crippen LogP) is 5.47. The molecule has 0 radical (unpaired) electrons. The Bertz CT molecular complexity index is 1240. The number of amides is 2. The maximum Gasteiger partial charge on any atom is 0.282 e. The third-order valence-corrected chi connectivity index (χ3v) is 6.37. The lowest BCUT2D eigenvalue weighted by Crippen LogP contribution is -2.34. The summed E-state index contributed by atoms with van der Waals surface area (Å²) in [5, 5.41) is 0. The van der Waals surface area contributed by atoms with E-state index in [2.05, 4.69) is 19.9 Å². The van der Waals surface area contributed by atoms with Crippen molar-refractivity contribution in [1.82, 2.24) is 0 Å². The van der Waals surface area contributed by atoms with Crippen molar-refractivity contribution < 1.29 is 9.59 Å². The Balaban J connectivity index is 1.64. The molecule has 0 N–H and O–H groups in total. The highest BCUT2D eigenvalue weighted by molar-refractivity contribution is 6.46. The molecule has 0 saturated heterocycles. The monoisotopic (exact) mass is 422 g/mol. The fraction of sp³-hybridized carbons (Fsp3) is 0.214. The number of carbonyl (C=O) groups excluding carboxylic acids is 2. The first-order valence-corrected chi connectivity index (χ1v) is 11.1. The van der Waals surface area contributed by atoms with E-state index in [1.54, 1.807) is 0 Å². The van der Waals surface area contributed by atoms with Gasteiger partial charge in [-0.25, -0.2) is 4.90 Å². The summed E-state index contributed by atoms with van der Waals surface area (Å²) in [5.74, 6) is -0.151. The van der Waals surface area contributed by atoms with Gasteiger partial charge >= 0.3 is 0 Å². The Hall–Kier alpha value is -3.66. The molecule has 0 aliphatic carbocycles. The fourth-order valence-electron chi connectivity index (χ4n) is 4.56. The zero-order chi connectivity index (χ0) is 22.4. The van der Waals surface area contributed by atoms with E-state index in [1.807, 2.05) is 78.6 Å². The van der Waals surface area contributed by atoms with Gasteiger partial charge in [-0.1, -0.05) is 74.0 Å². The Labute approximate surface area is 188 Å². The van der Waals surface area contributed by atoms with Crippen LogP contribution in [0.4, 0.5) is 11.4 Å². The van der Waals surface area contributed by atoms with Crippen LogP contribution in [0, 0.1) is 6.92 Å². The summed E-state index contributed by atoms with van der Waals surface area (Å²) >= 11 is 0. The van der Waals surface area contributed by atoms with Crippen molar-refractivity contribution >= 4 is 28.8 Å². The van der Waals surface area contributed by atoms with Crippen molar-refractivity contribution in [3.8, 4) is 0 Å².